The molecule has 1 saturated carbocycles. The first kappa shape index (κ1) is 28.7. The maximum atomic E-state index is 13.6. The molecule has 0 radical (unpaired) electrons. The van der Waals surface area contributed by atoms with Crippen molar-refractivity contribution in [1.29, 1.82) is 0 Å². The Kier molecular flexibility index (Phi) is 11.0. The lowest BCUT2D eigenvalue weighted by Crippen LogP contribution is -2.73. The smallest absolute Gasteiger partial charge is 0.246 e. The van der Waals surface area contributed by atoms with Crippen molar-refractivity contribution < 1.29 is 9.59 Å². The first-order valence-corrected chi connectivity index (χ1v) is 12.7. The number of carbonyl (C=O) groups is 2. The fourth-order valence-electron chi connectivity index (χ4n) is 5.89. The van der Waals surface area contributed by atoms with E-state index < -0.39 is 5.54 Å². The zero-order chi connectivity index (χ0) is 22.6. The molecule has 8 heteroatoms. The number of hydrogen-bond donors (Lipinski definition) is 2. The number of unbranched alkanes of at least 4 members (excludes halogenated alkanes) is 1. The molecule has 34 heavy (non-hydrogen) atoms. The SMILES string of the molecule is CCCCN1C(=O)C(CC2CCCCC2)NC(=O)C12CCN(Cc1ccc(N)cc1)CC2.Cl.Cl. The van der Waals surface area contributed by atoms with E-state index in [4.69, 9.17) is 5.73 Å². The second-order valence-electron chi connectivity index (χ2n) is 10.2. The molecule has 4 rings (SSSR count). The van der Waals surface area contributed by atoms with Gasteiger partial charge in [-0.25, -0.2) is 0 Å². The molecule has 3 aliphatic rings. The third kappa shape index (κ3) is 6.38. The number of nitrogens with one attached hydrogen (secondary N) is 1. The molecule has 1 spiro atoms. The molecule has 1 aromatic carbocycles. The zero-order valence-electron chi connectivity index (χ0n) is 20.5. The van der Waals surface area contributed by atoms with E-state index in [1.165, 1.54) is 37.7 Å². The highest BCUT2D eigenvalue weighted by Gasteiger charge is 2.53. The molecule has 2 heterocycles. The number of likely N-dealkylation sites (tertiary alicyclic amines) is 1. The third-order valence-corrected chi connectivity index (χ3v) is 7.91. The summed E-state index contributed by atoms with van der Waals surface area (Å²) in [6, 6.07) is 7.68. The highest BCUT2D eigenvalue weighted by atomic mass is 35.5. The van der Waals surface area contributed by atoms with Gasteiger partial charge in [0.25, 0.3) is 0 Å². The molecule has 0 bridgehead atoms. The standard InChI is InChI=1S/C26H40N4O2.2ClH/c1-2-3-15-30-24(31)23(18-20-7-5-4-6-8-20)28-25(32)26(30)13-16-29(17-14-26)19-21-9-11-22(27)12-10-21;;/h9-12,20,23H,2-8,13-19,27H2,1H3,(H,28,32);2*1H. The number of hydrogen-bond acceptors (Lipinski definition) is 4. The van der Waals surface area contributed by atoms with Gasteiger partial charge in [0.15, 0.2) is 0 Å². The van der Waals surface area contributed by atoms with Gasteiger partial charge < -0.3 is 16.0 Å². The van der Waals surface area contributed by atoms with E-state index in [2.05, 4.69) is 29.3 Å². The van der Waals surface area contributed by atoms with E-state index in [1.54, 1.807) is 0 Å². The molecule has 6 nitrogen and oxygen atoms in total. The summed E-state index contributed by atoms with van der Waals surface area (Å²) in [4.78, 5) is 31.5. The molecular formula is C26H42Cl2N4O2. The highest BCUT2D eigenvalue weighted by Crippen LogP contribution is 2.36. The minimum atomic E-state index is -0.674. The predicted octanol–water partition coefficient (Wildman–Crippen LogP) is 4.54. The summed E-state index contributed by atoms with van der Waals surface area (Å²) in [7, 11) is 0. The number of rotatable bonds is 7. The van der Waals surface area contributed by atoms with Gasteiger partial charge in [0.2, 0.25) is 11.8 Å². The lowest BCUT2D eigenvalue weighted by molar-refractivity contribution is -0.162. The van der Waals surface area contributed by atoms with Crippen LogP contribution in [0.4, 0.5) is 5.69 Å². The maximum absolute atomic E-state index is 13.6. The minimum Gasteiger partial charge on any atom is -0.399 e. The Bertz CT molecular complexity index is 790. The molecule has 1 aromatic rings. The topological polar surface area (TPSA) is 78.7 Å². The highest BCUT2D eigenvalue weighted by molar-refractivity contribution is 6.00. The Hall–Kier alpha value is -1.50. The summed E-state index contributed by atoms with van der Waals surface area (Å²) < 4.78 is 0. The number of piperazine rings is 1. The van der Waals surface area contributed by atoms with Crippen LogP contribution in [0.3, 0.4) is 0 Å². The summed E-state index contributed by atoms with van der Waals surface area (Å²) in [6.45, 7) is 5.34. The van der Waals surface area contributed by atoms with Crippen molar-refractivity contribution in [3.8, 4) is 0 Å². The fourth-order valence-corrected chi connectivity index (χ4v) is 5.89. The van der Waals surface area contributed by atoms with Crippen molar-refractivity contribution >= 4 is 42.3 Å². The van der Waals surface area contributed by atoms with Gasteiger partial charge in [-0.05, 0) is 49.3 Å². The van der Waals surface area contributed by atoms with E-state index in [-0.39, 0.29) is 42.7 Å². The summed E-state index contributed by atoms with van der Waals surface area (Å²) in [5.74, 6) is 0.818. The van der Waals surface area contributed by atoms with Crippen LogP contribution in [0.15, 0.2) is 24.3 Å². The molecule has 3 N–H and O–H groups in total. The van der Waals surface area contributed by atoms with Crippen LogP contribution in [-0.4, -0.2) is 52.8 Å². The van der Waals surface area contributed by atoms with Crippen molar-refractivity contribution in [3.63, 3.8) is 0 Å². The van der Waals surface area contributed by atoms with Gasteiger partial charge in [0, 0.05) is 31.9 Å². The summed E-state index contributed by atoms with van der Waals surface area (Å²) >= 11 is 0. The summed E-state index contributed by atoms with van der Waals surface area (Å²) in [6.07, 6.45) is 10.4. The summed E-state index contributed by atoms with van der Waals surface area (Å²) in [5, 5.41) is 3.19. The van der Waals surface area contributed by atoms with Gasteiger partial charge in [-0.2, -0.15) is 0 Å². The molecule has 1 unspecified atom stereocenters. The van der Waals surface area contributed by atoms with Crippen LogP contribution in [0.25, 0.3) is 0 Å². The number of nitrogens with zero attached hydrogens (tertiary/aromatic N) is 2. The van der Waals surface area contributed by atoms with Gasteiger partial charge in [-0.3, -0.25) is 14.5 Å². The molecule has 0 aromatic heterocycles. The van der Waals surface area contributed by atoms with Crippen molar-refractivity contribution in [1.82, 2.24) is 15.1 Å². The Labute approximate surface area is 217 Å². The van der Waals surface area contributed by atoms with Crippen LogP contribution in [0.2, 0.25) is 0 Å². The number of nitrogen functional groups attached to an aromatic ring is 1. The van der Waals surface area contributed by atoms with Crippen LogP contribution in [0, 0.1) is 5.92 Å². The normalized spacial score (nSPS) is 23.2. The molecule has 3 fully saturated rings. The van der Waals surface area contributed by atoms with E-state index in [1.807, 2.05) is 17.0 Å². The van der Waals surface area contributed by atoms with Gasteiger partial charge >= 0.3 is 0 Å². The average molecular weight is 514 g/mol. The Balaban J connectivity index is 0.00000204. The molecule has 192 valence electrons. The summed E-state index contributed by atoms with van der Waals surface area (Å²) in [5.41, 5.74) is 7.14. The van der Waals surface area contributed by atoms with E-state index in [0.717, 1.165) is 44.6 Å². The second-order valence-corrected chi connectivity index (χ2v) is 10.2. The number of halogens is 2. The Morgan fingerprint density at radius 2 is 1.68 bits per heavy atom. The van der Waals surface area contributed by atoms with Crippen molar-refractivity contribution in [3.05, 3.63) is 29.8 Å². The van der Waals surface area contributed by atoms with E-state index in [0.29, 0.717) is 25.3 Å². The monoisotopic (exact) mass is 512 g/mol. The zero-order valence-corrected chi connectivity index (χ0v) is 22.1. The number of piperidine rings is 1. The largest absolute Gasteiger partial charge is 0.399 e. The molecular weight excluding hydrogens is 471 g/mol. The van der Waals surface area contributed by atoms with E-state index >= 15 is 0 Å². The third-order valence-electron chi connectivity index (χ3n) is 7.91. The lowest BCUT2D eigenvalue weighted by atomic mass is 9.79. The van der Waals surface area contributed by atoms with Gasteiger partial charge in [-0.15, -0.1) is 24.8 Å². The molecule has 1 aliphatic carbocycles. The van der Waals surface area contributed by atoms with Crippen LogP contribution < -0.4 is 11.1 Å². The number of amides is 2. The fraction of sp³-hybridized carbons (Fsp3) is 0.692. The van der Waals surface area contributed by atoms with Crippen molar-refractivity contribution in [2.75, 3.05) is 25.4 Å². The Morgan fingerprint density at radius 3 is 2.29 bits per heavy atom. The average Bonchev–Trinajstić information content (AvgIpc) is 2.81. The minimum absolute atomic E-state index is 0. The predicted molar refractivity (Wildman–Crippen MR) is 142 cm³/mol. The Morgan fingerprint density at radius 1 is 1.03 bits per heavy atom. The van der Waals surface area contributed by atoms with Crippen molar-refractivity contribution in [2.24, 2.45) is 5.92 Å². The van der Waals surface area contributed by atoms with Crippen LogP contribution in [0.1, 0.15) is 76.7 Å². The van der Waals surface area contributed by atoms with Crippen LogP contribution in [-0.2, 0) is 16.1 Å². The quantitative estimate of drug-likeness (QED) is 0.525. The number of carbonyl (C=O) groups excluding carboxylic acids is 2. The maximum Gasteiger partial charge on any atom is 0.246 e. The first-order valence-electron chi connectivity index (χ1n) is 12.7. The molecule has 2 amide bonds. The van der Waals surface area contributed by atoms with Crippen molar-refractivity contribution in [2.45, 2.75) is 89.3 Å². The first-order chi connectivity index (χ1) is 15.5. The van der Waals surface area contributed by atoms with Gasteiger partial charge in [0.05, 0.1) is 0 Å². The van der Waals surface area contributed by atoms with Crippen LogP contribution >= 0.6 is 24.8 Å². The number of nitrogens with two attached hydrogens (primary N) is 1. The second kappa shape index (κ2) is 13.0. The number of anilines is 1. The van der Waals surface area contributed by atoms with Gasteiger partial charge in [-0.1, -0.05) is 57.6 Å². The van der Waals surface area contributed by atoms with Crippen LogP contribution in [0.5, 0.6) is 0 Å². The molecule has 2 saturated heterocycles. The van der Waals surface area contributed by atoms with E-state index in [9.17, 15) is 9.59 Å². The molecule has 2 aliphatic heterocycles. The number of benzene rings is 1. The lowest BCUT2D eigenvalue weighted by Gasteiger charge is -2.52. The molecule has 1 atom stereocenters. The van der Waals surface area contributed by atoms with Gasteiger partial charge in [0.1, 0.15) is 11.6 Å².